The number of nitrogens with zero attached hydrogens (tertiary/aromatic N) is 2. The first kappa shape index (κ1) is 18.7. The van der Waals surface area contributed by atoms with E-state index in [4.69, 9.17) is 9.47 Å². The van der Waals surface area contributed by atoms with E-state index in [-0.39, 0.29) is 5.91 Å². The van der Waals surface area contributed by atoms with Crippen molar-refractivity contribution in [3.63, 3.8) is 0 Å². The minimum atomic E-state index is 0.256. The van der Waals surface area contributed by atoms with Gasteiger partial charge >= 0.3 is 0 Å². The minimum Gasteiger partial charge on any atom is -0.384 e. The molecule has 148 valence electrons. The van der Waals surface area contributed by atoms with Gasteiger partial charge < -0.3 is 14.4 Å². The lowest BCUT2D eigenvalue weighted by molar-refractivity contribution is -0.203. The molecule has 2 heterocycles. The summed E-state index contributed by atoms with van der Waals surface area (Å²) in [5, 5.41) is 0. The van der Waals surface area contributed by atoms with Gasteiger partial charge in [-0.25, -0.2) is 0 Å². The molecule has 4 rings (SSSR count). The topological polar surface area (TPSA) is 42.0 Å². The molecule has 5 heteroatoms. The summed E-state index contributed by atoms with van der Waals surface area (Å²) in [5.74, 6) is 1.11. The van der Waals surface area contributed by atoms with E-state index in [1.54, 1.807) is 7.11 Å². The summed E-state index contributed by atoms with van der Waals surface area (Å²) in [4.78, 5) is 17.1. The third-order valence-corrected chi connectivity index (χ3v) is 7.26. The van der Waals surface area contributed by atoms with Crippen molar-refractivity contribution in [2.24, 2.45) is 5.92 Å². The smallest absolute Gasteiger partial charge is 0.224 e. The summed E-state index contributed by atoms with van der Waals surface area (Å²) in [6, 6.07) is 0.639. The number of amides is 1. The highest BCUT2D eigenvalue weighted by atomic mass is 16.5. The number of carbonyl (C=O) groups is 1. The number of ether oxygens (including phenoxy) is 2. The van der Waals surface area contributed by atoms with Crippen molar-refractivity contribution in [3.8, 4) is 0 Å². The summed E-state index contributed by atoms with van der Waals surface area (Å²) >= 11 is 0. The molecule has 4 aliphatic rings. The van der Waals surface area contributed by atoms with Crippen LogP contribution in [0.25, 0.3) is 0 Å². The van der Waals surface area contributed by atoms with Gasteiger partial charge in [0.1, 0.15) is 0 Å². The van der Waals surface area contributed by atoms with E-state index < -0.39 is 0 Å². The molecule has 0 aromatic heterocycles. The van der Waals surface area contributed by atoms with Gasteiger partial charge in [0.25, 0.3) is 0 Å². The molecule has 4 fully saturated rings. The molecule has 0 N–H and O–H groups in total. The van der Waals surface area contributed by atoms with Gasteiger partial charge in [-0.15, -0.1) is 0 Å². The molecule has 2 saturated heterocycles. The monoisotopic (exact) mass is 364 g/mol. The summed E-state index contributed by atoms with van der Waals surface area (Å²) < 4.78 is 11.5. The van der Waals surface area contributed by atoms with Crippen molar-refractivity contribution < 1.29 is 14.3 Å². The number of hydrogen-bond acceptors (Lipinski definition) is 4. The predicted molar refractivity (Wildman–Crippen MR) is 101 cm³/mol. The second-order valence-corrected chi connectivity index (χ2v) is 8.94. The Balaban J connectivity index is 1.31. The predicted octanol–water partition coefficient (Wildman–Crippen LogP) is 2.83. The number of rotatable bonds is 7. The summed E-state index contributed by atoms with van der Waals surface area (Å²) in [6.07, 6.45) is 12.7. The van der Waals surface area contributed by atoms with Gasteiger partial charge in [-0.05, 0) is 44.4 Å². The van der Waals surface area contributed by atoms with Gasteiger partial charge in [-0.3, -0.25) is 9.69 Å². The number of piperidine rings is 1. The second-order valence-electron chi connectivity index (χ2n) is 8.94. The standard InChI is InChI=1S/C21H36N2O3/c1-25-14-9-20(24)22-12-7-18(8-13-22)23-15-19(26-16-17-5-6-17)21(23)10-3-2-4-11-21/h17-19H,2-16H2,1H3. The first-order valence-corrected chi connectivity index (χ1v) is 10.9. The zero-order valence-corrected chi connectivity index (χ0v) is 16.5. The van der Waals surface area contributed by atoms with Gasteiger partial charge in [0.15, 0.2) is 0 Å². The van der Waals surface area contributed by atoms with Gasteiger partial charge in [0, 0.05) is 44.9 Å². The van der Waals surface area contributed by atoms with Crippen LogP contribution < -0.4 is 0 Å². The maximum Gasteiger partial charge on any atom is 0.224 e. The third-order valence-electron chi connectivity index (χ3n) is 7.26. The average Bonchev–Trinajstić information content (AvgIpc) is 3.50. The van der Waals surface area contributed by atoms with Crippen molar-refractivity contribution in [2.75, 3.05) is 40.0 Å². The van der Waals surface area contributed by atoms with E-state index in [1.807, 2.05) is 4.90 Å². The van der Waals surface area contributed by atoms with E-state index in [1.165, 1.54) is 44.9 Å². The molecule has 2 saturated carbocycles. The highest BCUT2D eigenvalue weighted by Crippen LogP contribution is 2.48. The molecule has 0 aromatic carbocycles. The Bertz CT molecular complexity index is 480. The van der Waals surface area contributed by atoms with Crippen LogP contribution in [0.4, 0.5) is 0 Å². The second kappa shape index (κ2) is 8.15. The first-order chi connectivity index (χ1) is 12.7. The van der Waals surface area contributed by atoms with Crippen molar-refractivity contribution in [1.82, 2.24) is 9.80 Å². The third kappa shape index (κ3) is 3.81. The Labute approximate surface area is 158 Å². The first-order valence-electron chi connectivity index (χ1n) is 10.9. The van der Waals surface area contributed by atoms with Gasteiger partial charge in [0.2, 0.25) is 5.91 Å². The Morgan fingerprint density at radius 1 is 1.08 bits per heavy atom. The van der Waals surface area contributed by atoms with Crippen molar-refractivity contribution in [2.45, 2.75) is 81.9 Å². The normalized spacial score (nSPS) is 29.7. The van der Waals surface area contributed by atoms with Crippen LogP contribution >= 0.6 is 0 Å². The molecule has 0 bridgehead atoms. The molecular weight excluding hydrogens is 328 g/mol. The van der Waals surface area contributed by atoms with E-state index in [9.17, 15) is 4.79 Å². The zero-order chi connectivity index (χ0) is 18.0. The van der Waals surface area contributed by atoms with Gasteiger partial charge in [0.05, 0.1) is 19.1 Å². The summed E-state index contributed by atoms with van der Waals surface area (Å²) in [7, 11) is 1.66. The van der Waals surface area contributed by atoms with Crippen LogP contribution in [0.1, 0.15) is 64.2 Å². The quantitative estimate of drug-likeness (QED) is 0.697. The molecule has 5 nitrogen and oxygen atoms in total. The van der Waals surface area contributed by atoms with Crippen LogP contribution in [0, 0.1) is 5.92 Å². The molecule has 2 aliphatic heterocycles. The molecule has 1 unspecified atom stereocenters. The van der Waals surface area contributed by atoms with Gasteiger partial charge in [-0.1, -0.05) is 19.3 Å². The molecule has 26 heavy (non-hydrogen) atoms. The summed E-state index contributed by atoms with van der Waals surface area (Å²) in [5.41, 5.74) is 0.319. The van der Waals surface area contributed by atoms with E-state index >= 15 is 0 Å². The molecule has 0 radical (unpaired) electrons. The largest absolute Gasteiger partial charge is 0.384 e. The van der Waals surface area contributed by atoms with Crippen molar-refractivity contribution in [3.05, 3.63) is 0 Å². The van der Waals surface area contributed by atoms with Crippen LogP contribution in [0.15, 0.2) is 0 Å². The SMILES string of the molecule is COCCC(=O)N1CCC(N2CC(OCC3CC3)C23CCCCC3)CC1. The number of hydrogen-bond donors (Lipinski definition) is 0. The molecule has 1 spiro atoms. The lowest BCUT2D eigenvalue weighted by atomic mass is 9.69. The van der Waals surface area contributed by atoms with Crippen LogP contribution in [-0.2, 0) is 14.3 Å². The van der Waals surface area contributed by atoms with E-state index in [0.717, 1.165) is 45.0 Å². The Morgan fingerprint density at radius 2 is 1.81 bits per heavy atom. The number of carbonyl (C=O) groups excluding carboxylic acids is 1. The summed E-state index contributed by atoms with van der Waals surface area (Å²) in [6.45, 7) is 4.47. The fourth-order valence-electron chi connectivity index (χ4n) is 5.41. The highest BCUT2D eigenvalue weighted by Gasteiger charge is 2.56. The maximum absolute atomic E-state index is 12.2. The lowest BCUT2D eigenvalue weighted by Gasteiger charge is -2.63. The number of likely N-dealkylation sites (tertiary alicyclic amines) is 2. The molecule has 1 atom stereocenters. The average molecular weight is 365 g/mol. The highest BCUT2D eigenvalue weighted by molar-refractivity contribution is 5.76. The van der Waals surface area contributed by atoms with Crippen LogP contribution in [0.3, 0.4) is 0 Å². The lowest BCUT2D eigenvalue weighted by Crippen LogP contribution is -2.75. The fraction of sp³-hybridized carbons (Fsp3) is 0.952. The Hall–Kier alpha value is -0.650. The molecule has 1 amide bonds. The minimum absolute atomic E-state index is 0.256. The van der Waals surface area contributed by atoms with Crippen LogP contribution in [-0.4, -0.2) is 73.3 Å². The van der Waals surface area contributed by atoms with Crippen LogP contribution in [0.5, 0.6) is 0 Å². The Kier molecular flexibility index (Phi) is 5.87. The Morgan fingerprint density at radius 3 is 2.46 bits per heavy atom. The van der Waals surface area contributed by atoms with Gasteiger partial charge in [-0.2, -0.15) is 0 Å². The maximum atomic E-state index is 12.2. The van der Waals surface area contributed by atoms with E-state index in [2.05, 4.69) is 4.90 Å². The fourth-order valence-corrected chi connectivity index (χ4v) is 5.41. The van der Waals surface area contributed by atoms with Crippen molar-refractivity contribution in [1.29, 1.82) is 0 Å². The van der Waals surface area contributed by atoms with Crippen LogP contribution in [0.2, 0.25) is 0 Å². The van der Waals surface area contributed by atoms with Crippen molar-refractivity contribution >= 4 is 5.91 Å². The van der Waals surface area contributed by atoms with E-state index in [0.29, 0.717) is 30.7 Å². The molecule has 2 aliphatic carbocycles. The number of methoxy groups -OCH3 is 1. The zero-order valence-electron chi connectivity index (χ0n) is 16.5. The molecule has 0 aromatic rings. The molecular formula is C21H36N2O3.